The van der Waals surface area contributed by atoms with Gasteiger partial charge in [0.15, 0.2) is 0 Å². The van der Waals surface area contributed by atoms with E-state index in [1.807, 2.05) is 6.92 Å². The fourth-order valence-electron chi connectivity index (χ4n) is 1.77. The minimum atomic E-state index is -4.33. The lowest BCUT2D eigenvalue weighted by Gasteiger charge is -2.10. The van der Waals surface area contributed by atoms with Gasteiger partial charge in [0.25, 0.3) is 0 Å². The number of hydrogen-bond acceptors (Lipinski definition) is 4. The minimum absolute atomic E-state index is 0.244. The van der Waals surface area contributed by atoms with Crippen molar-refractivity contribution in [1.29, 1.82) is 0 Å². The zero-order valence-electron chi connectivity index (χ0n) is 11.4. The van der Waals surface area contributed by atoms with Crippen molar-refractivity contribution in [2.24, 2.45) is 0 Å². The molecule has 0 aliphatic carbocycles. The van der Waals surface area contributed by atoms with Gasteiger partial charge >= 0.3 is 6.18 Å². The van der Waals surface area contributed by atoms with E-state index in [4.69, 9.17) is 0 Å². The fourth-order valence-corrected chi connectivity index (χ4v) is 1.77. The van der Waals surface area contributed by atoms with E-state index in [0.717, 1.165) is 12.1 Å². The predicted octanol–water partition coefficient (Wildman–Crippen LogP) is 3.54. The molecule has 0 aliphatic heterocycles. The number of nitrogens with one attached hydrogen (secondary N) is 2. The smallest absolute Gasteiger partial charge is 0.369 e. The average Bonchev–Trinajstić information content (AvgIpc) is 2.45. The van der Waals surface area contributed by atoms with Crippen LogP contribution in [0.1, 0.15) is 18.1 Å². The maximum atomic E-state index is 12.6. The lowest BCUT2D eigenvalue weighted by Crippen LogP contribution is -2.08. The molecule has 7 heteroatoms. The van der Waals surface area contributed by atoms with E-state index >= 15 is 0 Å². The average molecular weight is 296 g/mol. The highest BCUT2D eigenvalue weighted by Crippen LogP contribution is 2.29. The summed E-state index contributed by atoms with van der Waals surface area (Å²) in [4.78, 5) is 8.25. The molecule has 0 unspecified atom stereocenters. The highest BCUT2D eigenvalue weighted by atomic mass is 19.4. The van der Waals surface area contributed by atoms with E-state index in [9.17, 15) is 13.2 Å². The van der Waals surface area contributed by atoms with Gasteiger partial charge in [-0.2, -0.15) is 13.2 Å². The number of rotatable bonds is 5. The van der Waals surface area contributed by atoms with Crippen molar-refractivity contribution in [3.8, 4) is 0 Å². The van der Waals surface area contributed by atoms with Gasteiger partial charge in [0.1, 0.15) is 11.6 Å². The molecule has 1 aromatic carbocycles. The molecule has 4 nitrogen and oxygen atoms in total. The number of nitrogens with zero attached hydrogens (tertiary/aromatic N) is 2. The molecule has 21 heavy (non-hydrogen) atoms. The second-order valence-corrected chi connectivity index (χ2v) is 4.37. The van der Waals surface area contributed by atoms with Gasteiger partial charge in [-0.25, -0.2) is 4.98 Å². The predicted molar refractivity (Wildman–Crippen MR) is 75.0 cm³/mol. The normalized spacial score (nSPS) is 11.2. The maximum absolute atomic E-state index is 12.6. The highest BCUT2D eigenvalue weighted by molar-refractivity contribution is 5.42. The molecule has 0 bridgehead atoms. The molecule has 2 rings (SSSR count). The van der Waals surface area contributed by atoms with Crippen molar-refractivity contribution in [1.82, 2.24) is 9.97 Å². The molecule has 112 valence electrons. The van der Waals surface area contributed by atoms with Crippen LogP contribution in [0.15, 0.2) is 36.7 Å². The summed E-state index contributed by atoms with van der Waals surface area (Å²) in [5, 5.41) is 5.97. The van der Waals surface area contributed by atoms with Gasteiger partial charge in [0.2, 0.25) is 0 Å². The van der Waals surface area contributed by atoms with Gasteiger partial charge in [-0.15, -0.1) is 0 Å². The Kier molecular flexibility index (Phi) is 4.62. The van der Waals surface area contributed by atoms with Crippen LogP contribution in [0.4, 0.5) is 24.8 Å². The summed E-state index contributed by atoms with van der Waals surface area (Å²) in [7, 11) is 0. The second kappa shape index (κ2) is 6.43. The molecule has 0 saturated carbocycles. The summed E-state index contributed by atoms with van der Waals surface area (Å²) in [5.74, 6) is 1.12. The van der Waals surface area contributed by atoms with Crippen LogP contribution in [0.5, 0.6) is 0 Å². The van der Waals surface area contributed by atoms with Crippen molar-refractivity contribution >= 4 is 11.6 Å². The molecule has 2 aromatic rings. The fraction of sp³-hybridized carbons (Fsp3) is 0.286. The molecule has 0 saturated heterocycles. The zero-order valence-corrected chi connectivity index (χ0v) is 11.4. The van der Waals surface area contributed by atoms with Gasteiger partial charge in [-0.1, -0.05) is 12.1 Å². The molecule has 0 fully saturated rings. The van der Waals surface area contributed by atoms with Gasteiger partial charge in [0.05, 0.1) is 18.0 Å². The number of aromatic nitrogens is 2. The van der Waals surface area contributed by atoms with Crippen molar-refractivity contribution in [3.05, 3.63) is 47.8 Å². The SMILES string of the molecule is CCNc1cncc(NCc2cccc(C(F)(F)F)c2)n1. The largest absolute Gasteiger partial charge is 0.416 e. The first-order chi connectivity index (χ1) is 9.99. The van der Waals surface area contributed by atoms with Crippen molar-refractivity contribution in [2.45, 2.75) is 19.6 Å². The van der Waals surface area contributed by atoms with Crippen LogP contribution in [0, 0.1) is 0 Å². The van der Waals surface area contributed by atoms with Gasteiger partial charge in [-0.05, 0) is 24.6 Å². The Morgan fingerprint density at radius 2 is 1.81 bits per heavy atom. The third-order valence-electron chi connectivity index (χ3n) is 2.72. The standard InChI is InChI=1S/C14H15F3N4/c1-2-19-12-8-18-9-13(21-12)20-7-10-4-3-5-11(6-10)14(15,16)17/h3-6,8-9H,2,7H2,1H3,(H2,19,20,21). The molecule has 2 N–H and O–H groups in total. The topological polar surface area (TPSA) is 49.8 Å². The summed E-state index contributed by atoms with van der Waals surface area (Å²) < 4.78 is 37.9. The van der Waals surface area contributed by atoms with Crippen LogP contribution in [-0.4, -0.2) is 16.5 Å². The summed E-state index contributed by atoms with van der Waals surface area (Å²) in [6.07, 6.45) is -1.23. The first-order valence-corrected chi connectivity index (χ1v) is 6.45. The van der Waals surface area contributed by atoms with Gasteiger partial charge in [0, 0.05) is 13.1 Å². The Morgan fingerprint density at radius 3 is 2.48 bits per heavy atom. The van der Waals surface area contributed by atoms with Crippen LogP contribution in [0.25, 0.3) is 0 Å². The Morgan fingerprint density at radius 1 is 1.10 bits per heavy atom. The summed E-state index contributed by atoms with van der Waals surface area (Å²) in [5.41, 5.74) is -0.130. The van der Waals surface area contributed by atoms with Gasteiger partial charge < -0.3 is 10.6 Å². The number of benzene rings is 1. The van der Waals surface area contributed by atoms with E-state index in [-0.39, 0.29) is 6.54 Å². The van der Waals surface area contributed by atoms with E-state index < -0.39 is 11.7 Å². The number of hydrogen-bond donors (Lipinski definition) is 2. The molecular formula is C14H15F3N4. The van der Waals surface area contributed by atoms with Crippen molar-refractivity contribution < 1.29 is 13.2 Å². The van der Waals surface area contributed by atoms with Crippen LogP contribution < -0.4 is 10.6 Å². The summed E-state index contributed by atoms with van der Waals surface area (Å²) in [6, 6.07) is 5.19. The Hall–Kier alpha value is -2.31. The third kappa shape index (κ3) is 4.34. The van der Waals surface area contributed by atoms with Crippen LogP contribution in [-0.2, 0) is 12.7 Å². The lowest BCUT2D eigenvalue weighted by molar-refractivity contribution is -0.137. The molecule has 0 aliphatic rings. The third-order valence-corrected chi connectivity index (χ3v) is 2.72. The zero-order chi connectivity index (χ0) is 15.3. The number of anilines is 2. The number of halogens is 3. The highest BCUT2D eigenvalue weighted by Gasteiger charge is 2.30. The van der Waals surface area contributed by atoms with Crippen LogP contribution in [0.3, 0.4) is 0 Å². The van der Waals surface area contributed by atoms with Gasteiger partial charge in [-0.3, -0.25) is 4.98 Å². The molecule has 0 radical (unpaired) electrons. The van der Waals surface area contributed by atoms with Crippen molar-refractivity contribution in [3.63, 3.8) is 0 Å². The monoisotopic (exact) mass is 296 g/mol. The first kappa shape index (κ1) is 15.1. The second-order valence-electron chi connectivity index (χ2n) is 4.37. The Labute approximate surface area is 120 Å². The quantitative estimate of drug-likeness (QED) is 0.886. The van der Waals surface area contributed by atoms with E-state index in [1.165, 1.54) is 12.3 Å². The number of alkyl halides is 3. The molecular weight excluding hydrogens is 281 g/mol. The van der Waals surface area contributed by atoms with Crippen LogP contribution in [0.2, 0.25) is 0 Å². The maximum Gasteiger partial charge on any atom is 0.416 e. The van der Waals surface area contributed by atoms with Crippen LogP contribution >= 0.6 is 0 Å². The molecule has 0 amide bonds. The molecule has 0 atom stereocenters. The minimum Gasteiger partial charge on any atom is -0.369 e. The molecule has 0 spiro atoms. The van der Waals surface area contributed by atoms with E-state index in [0.29, 0.717) is 23.7 Å². The summed E-state index contributed by atoms with van der Waals surface area (Å²) in [6.45, 7) is 2.89. The lowest BCUT2D eigenvalue weighted by atomic mass is 10.1. The molecule has 1 aromatic heterocycles. The first-order valence-electron chi connectivity index (χ1n) is 6.45. The summed E-state index contributed by atoms with van der Waals surface area (Å²) >= 11 is 0. The molecule has 1 heterocycles. The Bertz CT molecular complexity index is 599. The van der Waals surface area contributed by atoms with E-state index in [1.54, 1.807) is 12.3 Å². The Balaban J connectivity index is 2.04. The van der Waals surface area contributed by atoms with Crippen molar-refractivity contribution in [2.75, 3.05) is 17.2 Å². The van der Waals surface area contributed by atoms with E-state index in [2.05, 4.69) is 20.6 Å².